The molecule has 2 atom stereocenters. The van der Waals surface area contributed by atoms with Gasteiger partial charge in [-0.15, -0.1) is 0 Å². The van der Waals surface area contributed by atoms with Crippen LogP contribution in [0.1, 0.15) is 71.5 Å². The van der Waals surface area contributed by atoms with Crippen LogP contribution in [0.2, 0.25) is 0 Å². The minimum Gasteiger partial charge on any atom is -0.327 e. The van der Waals surface area contributed by atoms with Gasteiger partial charge in [0.05, 0.1) is 11.7 Å². The van der Waals surface area contributed by atoms with Crippen molar-refractivity contribution in [2.75, 3.05) is 0 Å². The minimum atomic E-state index is 0.248. The van der Waals surface area contributed by atoms with E-state index in [1.165, 1.54) is 19.3 Å². The number of nitrogens with two attached hydrogens (primary N) is 1. The van der Waals surface area contributed by atoms with Gasteiger partial charge >= 0.3 is 0 Å². The van der Waals surface area contributed by atoms with E-state index in [1.807, 2.05) is 0 Å². The van der Waals surface area contributed by atoms with Crippen molar-refractivity contribution in [2.24, 2.45) is 17.1 Å². The summed E-state index contributed by atoms with van der Waals surface area (Å²) in [5.74, 6) is 0.640. The van der Waals surface area contributed by atoms with Gasteiger partial charge in [-0.1, -0.05) is 34.1 Å². The Morgan fingerprint density at radius 3 is 2.65 bits per heavy atom. The van der Waals surface area contributed by atoms with Crippen LogP contribution in [0.25, 0.3) is 0 Å². The predicted octanol–water partition coefficient (Wildman–Crippen LogP) is 3.94. The van der Waals surface area contributed by atoms with Gasteiger partial charge in [0.15, 0.2) is 0 Å². The summed E-state index contributed by atoms with van der Waals surface area (Å²) < 4.78 is 2.13. The lowest BCUT2D eigenvalue weighted by Gasteiger charge is -2.31. The fourth-order valence-electron chi connectivity index (χ4n) is 3.88. The Balaban J connectivity index is 2.00. The first-order chi connectivity index (χ1) is 9.47. The van der Waals surface area contributed by atoms with Crippen LogP contribution in [-0.4, -0.2) is 15.8 Å². The number of hydrogen-bond donors (Lipinski definition) is 1. The van der Waals surface area contributed by atoms with Crippen LogP contribution in [-0.2, 0) is 6.42 Å². The van der Waals surface area contributed by atoms with E-state index < -0.39 is 0 Å². The molecule has 0 spiro atoms. The fraction of sp³-hybridized carbons (Fsp3) is 0.824. The topological polar surface area (TPSA) is 43.8 Å². The van der Waals surface area contributed by atoms with E-state index in [0.717, 1.165) is 25.0 Å². The molecule has 2 unspecified atom stereocenters. The second kappa shape index (κ2) is 6.30. The summed E-state index contributed by atoms with van der Waals surface area (Å²) in [5, 5.41) is 4.75. The minimum absolute atomic E-state index is 0.248. The molecule has 1 heterocycles. The van der Waals surface area contributed by atoms with E-state index in [1.54, 1.807) is 0 Å². The van der Waals surface area contributed by atoms with Gasteiger partial charge in [0, 0.05) is 18.7 Å². The van der Waals surface area contributed by atoms with Gasteiger partial charge in [-0.3, -0.25) is 4.68 Å². The quantitative estimate of drug-likeness (QED) is 0.856. The van der Waals surface area contributed by atoms with Gasteiger partial charge in [0.2, 0.25) is 0 Å². The van der Waals surface area contributed by atoms with Crippen LogP contribution in [0, 0.1) is 11.3 Å². The monoisotopic (exact) mass is 277 g/mol. The SMILES string of the molecule is CCC(CC)n1ccc(CC(N)C2CCCC2(C)C)n1. The van der Waals surface area contributed by atoms with E-state index in [-0.39, 0.29) is 6.04 Å². The molecule has 20 heavy (non-hydrogen) atoms. The first-order valence-electron chi connectivity index (χ1n) is 8.27. The summed E-state index contributed by atoms with van der Waals surface area (Å²) in [4.78, 5) is 0. The summed E-state index contributed by atoms with van der Waals surface area (Å²) in [6.07, 6.45) is 9.24. The zero-order valence-corrected chi connectivity index (χ0v) is 13.6. The average Bonchev–Trinajstić information content (AvgIpc) is 2.97. The lowest BCUT2D eigenvalue weighted by Crippen LogP contribution is -2.38. The van der Waals surface area contributed by atoms with Crippen LogP contribution >= 0.6 is 0 Å². The molecule has 1 aromatic heterocycles. The van der Waals surface area contributed by atoms with Gasteiger partial charge in [-0.25, -0.2) is 0 Å². The molecule has 1 aromatic rings. The first-order valence-corrected chi connectivity index (χ1v) is 8.27. The molecule has 0 aliphatic heterocycles. The van der Waals surface area contributed by atoms with E-state index in [2.05, 4.69) is 44.6 Å². The van der Waals surface area contributed by atoms with Crippen molar-refractivity contribution in [3.8, 4) is 0 Å². The van der Waals surface area contributed by atoms with Crippen LogP contribution in [0.3, 0.4) is 0 Å². The van der Waals surface area contributed by atoms with Crippen molar-refractivity contribution < 1.29 is 0 Å². The van der Waals surface area contributed by atoms with Gasteiger partial charge < -0.3 is 5.73 Å². The second-order valence-corrected chi connectivity index (χ2v) is 7.11. The van der Waals surface area contributed by atoms with Crippen molar-refractivity contribution in [1.82, 2.24) is 9.78 Å². The van der Waals surface area contributed by atoms with Crippen molar-refractivity contribution in [2.45, 2.75) is 78.3 Å². The van der Waals surface area contributed by atoms with Crippen molar-refractivity contribution in [1.29, 1.82) is 0 Å². The third kappa shape index (κ3) is 3.25. The first kappa shape index (κ1) is 15.6. The predicted molar refractivity (Wildman–Crippen MR) is 84.6 cm³/mol. The van der Waals surface area contributed by atoms with Gasteiger partial charge in [0.25, 0.3) is 0 Å². The lowest BCUT2D eigenvalue weighted by atomic mass is 9.76. The Labute approximate surface area is 123 Å². The molecule has 2 N–H and O–H groups in total. The zero-order valence-electron chi connectivity index (χ0n) is 13.6. The summed E-state index contributed by atoms with van der Waals surface area (Å²) in [7, 11) is 0. The molecule has 2 rings (SSSR count). The van der Waals surface area contributed by atoms with Crippen LogP contribution in [0.4, 0.5) is 0 Å². The van der Waals surface area contributed by atoms with Crippen molar-refractivity contribution in [3.05, 3.63) is 18.0 Å². The van der Waals surface area contributed by atoms with Crippen LogP contribution in [0.5, 0.6) is 0 Å². The zero-order chi connectivity index (χ0) is 14.8. The largest absolute Gasteiger partial charge is 0.327 e. The summed E-state index contributed by atoms with van der Waals surface area (Å²) in [5.41, 5.74) is 8.05. The Bertz CT molecular complexity index is 418. The van der Waals surface area contributed by atoms with Crippen molar-refractivity contribution in [3.63, 3.8) is 0 Å². The maximum absolute atomic E-state index is 6.49. The highest BCUT2D eigenvalue weighted by atomic mass is 15.3. The molecule has 1 aliphatic rings. The van der Waals surface area contributed by atoms with E-state index in [9.17, 15) is 0 Å². The molecule has 0 amide bonds. The average molecular weight is 277 g/mol. The van der Waals surface area contributed by atoms with Crippen molar-refractivity contribution >= 4 is 0 Å². The standard InChI is InChI=1S/C17H31N3/c1-5-14(6-2)20-11-9-13(19-20)12-16(18)15-8-7-10-17(15,3)4/h9,11,14-16H,5-8,10,12,18H2,1-4H3. The summed E-state index contributed by atoms with van der Waals surface area (Å²) >= 11 is 0. The maximum atomic E-state index is 6.49. The molecular weight excluding hydrogens is 246 g/mol. The van der Waals surface area contributed by atoms with Gasteiger partial charge in [0.1, 0.15) is 0 Å². The van der Waals surface area contributed by atoms with E-state index >= 15 is 0 Å². The maximum Gasteiger partial charge on any atom is 0.0640 e. The molecule has 1 fully saturated rings. The summed E-state index contributed by atoms with van der Waals surface area (Å²) in [6.45, 7) is 9.19. The van der Waals surface area contributed by atoms with E-state index in [4.69, 9.17) is 10.8 Å². The molecule has 1 aliphatic carbocycles. The van der Waals surface area contributed by atoms with E-state index in [0.29, 0.717) is 17.4 Å². The molecule has 3 nitrogen and oxygen atoms in total. The Hall–Kier alpha value is -0.830. The number of aromatic nitrogens is 2. The highest BCUT2D eigenvalue weighted by Crippen LogP contribution is 2.44. The molecule has 3 heteroatoms. The summed E-state index contributed by atoms with van der Waals surface area (Å²) in [6, 6.07) is 2.93. The number of hydrogen-bond acceptors (Lipinski definition) is 2. The lowest BCUT2D eigenvalue weighted by molar-refractivity contribution is 0.219. The Morgan fingerprint density at radius 2 is 2.10 bits per heavy atom. The Morgan fingerprint density at radius 1 is 1.40 bits per heavy atom. The molecule has 0 aromatic carbocycles. The third-order valence-electron chi connectivity index (χ3n) is 5.28. The normalized spacial score (nSPS) is 23.4. The third-order valence-corrected chi connectivity index (χ3v) is 5.28. The van der Waals surface area contributed by atoms with Crippen LogP contribution < -0.4 is 5.73 Å². The van der Waals surface area contributed by atoms with Crippen LogP contribution in [0.15, 0.2) is 12.3 Å². The molecule has 0 radical (unpaired) electrons. The molecule has 114 valence electrons. The number of nitrogens with zero attached hydrogens (tertiary/aromatic N) is 2. The molecule has 1 saturated carbocycles. The second-order valence-electron chi connectivity index (χ2n) is 7.11. The fourth-order valence-corrected chi connectivity index (χ4v) is 3.88. The highest BCUT2D eigenvalue weighted by molar-refractivity contribution is 5.04. The van der Waals surface area contributed by atoms with Gasteiger partial charge in [-0.05, 0) is 43.1 Å². The smallest absolute Gasteiger partial charge is 0.0640 e. The Kier molecular flexibility index (Phi) is 4.90. The molecule has 0 saturated heterocycles. The van der Waals surface area contributed by atoms with Gasteiger partial charge in [-0.2, -0.15) is 5.10 Å². The molecule has 0 bridgehead atoms. The molecular formula is C17H31N3. The highest BCUT2D eigenvalue weighted by Gasteiger charge is 2.38. The number of rotatable bonds is 6.